The molecule has 142 valence electrons. The van der Waals surface area contributed by atoms with Crippen LogP contribution in [0.2, 0.25) is 0 Å². The van der Waals surface area contributed by atoms with Gasteiger partial charge in [-0.15, -0.1) is 0 Å². The SMILES string of the molecule is O=C(Cc1cc(F)cc(F)c1)c1nc2cc3c(-c4ccncc4)n[nH]c3cc2[nH]1. The first-order valence-corrected chi connectivity index (χ1v) is 8.83. The van der Waals surface area contributed by atoms with E-state index in [4.69, 9.17) is 0 Å². The molecule has 0 saturated heterocycles. The van der Waals surface area contributed by atoms with Crippen LogP contribution in [0.3, 0.4) is 0 Å². The predicted molar refractivity (Wildman–Crippen MR) is 103 cm³/mol. The van der Waals surface area contributed by atoms with Crippen LogP contribution in [0.15, 0.2) is 54.9 Å². The Morgan fingerprint density at radius 3 is 2.48 bits per heavy atom. The molecule has 0 aliphatic carbocycles. The fourth-order valence-electron chi connectivity index (χ4n) is 3.37. The summed E-state index contributed by atoms with van der Waals surface area (Å²) >= 11 is 0. The van der Waals surface area contributed by atoms with E-state index in [9.17, 15) is 13.6 Å². The molecule has 0 aliphatic rings. The van der Waals surface area contributed by atoms with Crippen molar-refractivity contribution in [3.63, 3.8) is 0 Å². The van der Waals surface area contributed by atoms with E-state index in [2.05, 4.69) is 25.1 Å². The second-order valence-corrected chi connectivity index (χ2v) is 6.69. The number of rotatable bonds is 4. The van der Waals surface area contributed by atoms with Crippen molar-refractivity contribution in [3.8, 4) is 11.3 Å². The molecular weight excluding hydrogens is 376 g/mol. The van der Waals surface area contributed by atoms with Gasteiger partial charge in [-0.05, 0) is 42.0 Å². The molecule has 8 heteroatoms. The lowest BCUT2D eigenvalue weighted by Crippen LogP contribution is -2.06. The Balaban J connectivity index is 1.52. The number of nitrogens with zero attached hydrogens (tertiary/aromatic N) is 3. The van der Waals surface area contributed by atoms with Crippen LogP contribution in [0.4, 0.5) is 8.78 Å². The monoisotopic (exact) mass is 389 g/mol. The van der Waals surface area contributed by atoms with E-state index in [0.717, 1.165) is 40.4 Å². The minimum atomic E-state index is -0.720. The van der Waals surface area contributed by atoms with Gasteiger partial charge < -0.3 is 4.98 Å². The first kappa shape index (κ1) is 17.2. The van der Waals surface area contributed by atoms with E-state index in [1.165, 1.54) is 0 Å². The number of aromatic amines is 2. The first-order valence-electron chi connectivity index (χ1n) is 8.83. The molecule has 2 N–H and O–H groups in total. The smallest absolute Gasteiger partial charge is 0.202 e. The minimum absolute atomic E-state index is 0.135. The number of benzene rings is 2. The van der Waals surface area contributed by atoms with Gasteiger partial charge in [-0.25, -0.2) is 13.8 Å². The van der Waals surface area contributed by atoms with E-state index in [1.807, 2.05) is 24.3 Å². The maximum Gasteiger partial charge on any atom is 0.202 e. The van der Waals surface area contributed by atoms with Gasteiger partial charge >= 0.3 is 0 Å². The fraction of sp³-hybridized carbons (Fsp3) is 0.0476. The van der Waals surface area contributed by atoms with E-state index in [1.54, 1.807) is 12.4 Å². The van der Waals surface area contributed by atoms with Crippen LogP contribution in [0.25, 0.3) is 33.2 Å². The zero-order chi connectivity index (χ0) is 20.0. The second-order valence-electron chi connectivity index (χ2n) is 6.69. The zero-order valence-corrected chi connectivity index (χ0v) is 14.9. The zero-order valence-electron chi connectivity index (χ0n) is 14.9. The van der Waals surface area contributed by atoms with Crippen LogP contribution in [-0.2, 0) is 6.42 Å². The molecule has 6 nitrogen and oxygen atoms in total. The highest BCUT2D eigenvalue weighted by molar-refractivity contribution is 6.03. The average molecular weight is 389 g/mol. The Morgan fingerprint density at radius 1 is 0.966 bits per heavy atom. The van der Waals surface area contributed by atoms with Crippen molar-refractivity contribution in [1.82, 2.24) is 25.1 Å². The van der Waals surface area contributed by atoms with Gasteiger partial charge in [-0.2, -0.15) is 5.10 Å². The molecule has 3 aromatic heterocycles. The molecule has 0 spiro atoms. The molecule has 5 rings (SSSR count). The number of hydrogen-bond acceptors (Lipinski definition) is 4. The van der Waals surface area contributed by atoms with Gasteiger partial charge in [0.25, 0.3) is 0 Å². The lowest BCUT2D eigenvalue weighted by molar-refractivity contribution is 0.0984. The number of aromatic nitrogens is 5. The molecular formula is C21H13F2N5O. The molecule has 0 saturated carbocycles. The third-order valence-corrected chi connectivity index (χ3v) is 4.67. The molecule has 0 bridgehead atoms. The third kappa shape index (κ3) is 3.14. The molecule has 0 atom stereocenters. The first-order chi connectivity index (χ1) is 14.1. The number of hydrogen-bond donors (Lipinski definition) is 2. The number of H-pyrrole nitrogens is 2. The summed E-state index contributed by atoms with van der Waals surface area (Å²) in [7, 11) is 0. The van der Waals surface area contributed by atoms with Crippen LogP contribution >= 0.6 is 0 Å². The highest BCUT2D eigenvalue weighted by atomic mass is 19.1. The normalized spacial score (nSPS) is 11.4. The Kier molecular flexibility index (Phi) is 3.90. The van der Waals surface area contributed by atoms with Crippen molar-refractivity contribution in [3.05, 3.63) is 77.9 Å². The summed E-state index contributed by atoms with van der Waals surface area (Å²) in [5.74, 6) is -1.66. The number of nitrogens with one attached hydrogen (secondary N) is 2. The topological polar surface area (TPSA) is 87.3 Å². The number of fused-ring (bicyclic) bond motifs is 2. The minimum Gasteiger partial charge on any atom is -0.335 e. The number of carbonyl (C=O) groups excluding carboxylic acids is 1. The predicted octanol–water partition coefficient (Wildman–Crippen LogP) is 4.20. The maximum absolute atomic E-state index is 13.4. The van der Waals surface area contributed by atoms with Crippen LogP contribution in [0.5, 0.6) is 0 Å². The molecule has 3 heterocycles. The molecule has 0 unspecified atom stereocenters. The molecule has 0 aliphatic heterocycles. The Bertz CT molecular complexity index is 1350. The molecule has 0 radical (unpaired) electrons. The van der Waals surface area contributed by atoms with Crippen molar-refractivity contribution >= 4 is 27.7 Å². The van der Waals surface area contributed by atoms with E-state index in [0.29, 0.717) is 11.0 Å². The maximum atomic E-state index is 13.4. The van der Waals surface area contributed by atoms with Gasteiger partial charge in [0.15, 0.2) is 5.82 Å². The summed E-state index contributed by atoms with van der Waals surface area (Å²) in [5, 5.41) is 8.21. The third-order valence-electron chi connectivity index (χ3n) is 4.67. The van der Waals surface area contributed by atoms with E-state index < -0.39 is 11.6 Å². The van der Waals surface area contributed by atoms with Crippen LogP contribution < -0.4 is 0 Å². The summed E-state index contributed by atoms with van der Waals surface area (Å²) in [6, 6.07) is 10.4. The molecule has 29 heavy (non-hydrogen) atoms. The summed E-state index contributed by atoms with van der Waals surface area (Å²) in [5.41, 5.74) is 3.98. The van der Waals surface area contributed by atoms with E-state index >= 15 is 0 Å². The summed E-state index contributed by atoms with van der Waals surface area (Å²) in [4.78, 5) is 23.9. The quantitative estimate of drug-likeness (QED) is 0.451. The van der Waals surface area contributed by atoms with Gasteiger partial charge in [0.1, 0.15) is 17.3 Å². The number of pyridine rings is 1. The van der Waals surface area contributed by atoms with Crippen molar-refractivity contribution in [2.24, 2.45) is 0 Å². The highest BCUT2D eigenvalue weighted by Crippen LogP contribution is 2.29. The molecule has 2 aromatic carbocycles. The van der Waals surface area contributed by atoms with Gasteiger partial charge in [0, 0.05) is 35.8 Å². The second kappa shape index (κ2) is 6.59. The van der Waals surface area contributed by atoms with Crippen molar-refractivity contribution < 1.29 is 13.6 Å². The molecule has 0 fully saturated rings. The molecule has 0 amide bonds. The Labute approximate surface area is 162 Å². The van der Waals surface area contributed by atoms with Crippen LogP contribution in [0.1, 0.15) is 16.2 Å². The standard InChI is InChI=1S/C21H13F2N5O/c22-13-5-11(6-14(23)8-13)7-19(29)21-25-17-9-15-16(10-18(17)26-21)27-28-20(15)12-1-3-24-4-2-12/h1-6,8-10H,7H2,(H,25,26)(H,27,28). The molecule has 5 aromatic rings. The number of ketones is 1. The van der Waals surface area contributed by atoms with Gasteiger partial charge in [-0.1, -0.05) is 0 Å². The van der Waals surface area contributed by atoms with Crippen LogP contribution in [-0.4, -0.2) is 30.9 Å². The van der Waals surface area contributed by atoms with Gasteiger partial charge in [0.05, 0.1) is 16.6 Å². The number of imidazole rings is 1. The van der Waals surface area contributed by atoms with E-state index in [-0.39, 0.29) is 23.6 Å². The Hall–Kier alpha value is -3.94. The number of Topliss-reactive ketones (excluding diaryl/α,β-unsaturated/α-hetero) is 1. The lowest BCUT2D eigenvalue weighted by atomic mass is 10.1. The van der Waals surface area contributed by atoms with Crippen molar-refractivity contribution in [1.29, 1.82) is 0 Å². The largest absolute Gasteiger partial charge is 0.335 e. The summed E-state index contributed by atoms with van der Waals surface area (Å²) in [6.45, 7) is 0. The van der Waals surface area contributed by atoms with Crippen molar-refractivity contribution in [2.75, 3.05) is 0 Å². The van der Waals surface area contributed by atoms with Crippen molar-refractivity contribution in [2.45, 2.75) is 6.42 Å². The van der Waals surface area contributed by atoms with Crippen LogP contribution in [0, 0.1) is 11.6 Å². The summed E-state index contributed by atoms with van der Waals surface area (Å²) < 4.78 is 26.7. The van der Waals surface area contributed by atoms with Gasteiger partial charge in [-0.3, -0.25) is 14.9 Å². The number of carbonyl (C=O) groups is 1. The average Bonchev–Trinajstić information content (AvgIpc) is 3.29. The fourth-order valence-corrected chi connectivity index (χ4v) is 3.37. The highest BCUT2D eigenvalue weighted by Gasteiger charge is 2.16. The summed E-state index contributed by atoms with van der Waals surface area (Å²) in [6.07, 6.45) is 3.22. The number of halogens is 2. The van der Waals surface area contributed by atoms with Gasteiger partial charge in [0.2, 0.25) is 5.78 Å². The lowest BCUT2D eigenvalue weighted by Gasteiger charge is -2.00. The Morgan fingerprint density at radius 2 is 1.72 bits per heavy atom.